The van der Waals surface area contributed by atoms with Crippen LogP contribution in [0.15, 0.2) is 18.2 Å². The lowest BCUT2D eigenvalue weighted by molar-refractivity contribution is 0.00578. The molecule has 1 fully saturated rings. The van der Waals surface area contributed by atoms with Crippen molar-refractivity contribution in [1.82, 2.24) is 0 Å². The van der Waals surface area contributed by atoms with Gasteiger partial charge in [0.1, 0.15) is 0 Å². The van der Waals surface area contributed by atoms with Crippen molar-refractivity contribution in [3.05, 3.63) is 33.8 Å². The van der Waals surface area contributed by atoms with Gasteiger partial charge in [0, 0.05) is 0 Å². The monoisotopic (exact) mass is 301 g/mol. The molecule has 6 heteroatoms. The fraction of sp³-hybridized carbons (Fsp3) is 0.538. The van der Waals surface area contributed by atoms with Gasteiger partial charge in [-0.25, -0.2) is 0 Å². The zero-order chi connectivity index (χ0) is 14.4. The molecule has 1 saturated heterocycles. The quantitative estimate of drug-likeness (QED) is 0.849. The molecule has 1 atom stereocenters. The van der Waals surface area contributed by atoms with E-state index < -0.39 is 24.3 Å². The van der Waals surface area contributed by atoms with Crippen molar-refractivity contribution >= 4 is 30.3 Å². The van der Waals surface area contributed by atoms with Gasteiger partial charge >= 0.3 is 7.12 Å². The Morgan fingerprint density at radius 1 is 1.05 bits per heavy atom. The average Bonchev–Trinajstić information content (AvgIpc) is 2.51. The number of benzene rings is 1. The first-order valence-electron chi connectivity index (χ1n) is 6.20. The van der Waals surface area contributed by atoms with Gasteiger partial charge in [-0.3, -0.25) is 0 Å². The molecule has 0 aliphatic carbocycles. The zero-order valence-corrected chi connectivity index (χ0v) is 13.0. The van der Waals surface area contributed by atoms with Crippen LogP contribution in [0.25, 0.3) is 0 Å². The maximum absolute atomic E-state index is 6.21. The molecule has 1 aromatic carbocycles. The lowest BCUT2D eigenvalue weighted by Crippen LogP contribution is -2.41. The van der Waals surface area contributed by atoms with E-state index in [2.05, 4.69) is 0 Å². The van der Waals surface area contributed by atoms with Crippen LogP contribution in [-0.2, 0) is 9.31 Å². The number of rotatable bonds is 2. The van der Waals surface area contributed by atoms with Gasteiger partial charge in [-0.05, 0) is 45.4 Å². The predicted molar refractivity (Wildman–Crippen MR) is 79.5 cm³/mol. The smallest absolute Gasteiger partial charge is 0.402 e. The summed E-state index contributed by atoms with van der Waals surface area (Å²) in [6.07, 6.45) is 0. The molecule has 0 bridgehead atoms. The van der Waals surface area contributed by atoms with Crippen LogP contribution in [-0.4, -0.2) is 18.3 Å². The Morgan fingerprint density at radius 2 is 1.58 bits per heavy atom. The summed E-state index contributed by atoms with van der Waals surface area (Å²) >= 11 is 11.9. The third kappa shape index (κ3) is 2.78. The van der Waals surface area contributed by atoms with Crippen molar-refractivity contribution < 1.29 is 9.31 Å². The number of nitrogens with two attached hydrogens (primary N) is 1. The first kappa shape index (κ1) is 15.1. The Labute approximate surface area is 124 Å². The van der Waals surface area contributed by atoms with E-state index in [1.54, 1.807) is 12.1 Å². The Morgan fingerprint density at radius 3 is 2.05 bits per heavy atom. The Balaban J connectivity index is 2.22. The summed E-state index contributed by atoms with van der Waals surface area (Å²) in [5.74, 6) is -0.407. The minimum Gasteiger partial charge on any atom is -0.402 e. The largest absolute Gasteiger partial charge is 0.480 e. The van der Waals surface area contributed by atoms with Crippen LogP contribution in [0.2, 0.25) is 10.0 Å². The van der Waals surface area contributed by atoms with Crippen LogP contribution < -0.4 is 5.73 Å². The standard InChI is InChI=1S/C13H18BCl2NO2/c1-12(2)13(3,4)19-14(18-12)11(17)8-5-6-9(15)10(16)7-8/h5-7,11H,17H2,1-4H3/t11-/m0/s1. The second-order valence-corrected chi connectivity index (χ2v) is 6.64. The molecule has 104 valence electrons. The third-order valence-corrected chi connectivity index (χ3v) is 4.63. The van der Waals surface area contributed by atoms with Gasteiger partial charge in [-0.15, -0.1) is 0 Å². The van der Waals surface area contributed by atoms with Gasteiger partial charge in [0.05, 0.1) is 27.2 Å². The predicted octanol–water partition coefficient (Wildman–Crippen LogP) is 3.62. The summed E-state index contributed by atoms with van der Waals surface area (Å²) in [6, 6.07) is 5.31. The normalized spacial score (nSPS) is 22.6. The molecule has 2 N–H and O–H groups in total. The molecule has 0 amide bonds. The summed E-state index contributed by atoms with van der Waals surface area (Å²) in [5.41, 5.74) is 6.26. The van der Waals surface area contributed by atoms with E-state index in [0.717, 1.165) is 5.56 Å². The van der Waals surface area contributed by atoms with Crippen LogP contribution in [0.1, 0.15) is 39.2 Å². The van der Waals surface area contributed by atoms with Crippen molar-refractivity contribution in [2.75, 3.05) is 0 Å². The van der Waals surface area contributed by atoms with Gasteiger partial charge in [0.15, 0.2) is 0 Å². The SMILES string of the molecule is CC1(C)OB([C@@H](N)c2ccc(Cl)c(Cl)c2)OC1(C)C. The van der Waals surface area contributed by atoms with Gasteiger partial charge < -0.3 is 15.0 Å². The van der Waals surface area contributed by atoms with Gasteiger partial charge in [0.25, 0.3) is 0 Å². The molecule has 1 aliphatic rings. The second kappa shape index (κ2) is 4.94. The summed E-state index contributed by atoms with van der Waals surface area (Å²) in [4.78, 5) is 0. The Kier molecular flexibility index (Phi) is 3.93. The Hall–Kier alpha value is -0.255. The highest BCUT2D eigenvalue weighted by atomic mass is 35.5. The highest BCUT2D eigenvalue weighted by molar-refractivity contribution is 6.47. The van der Waals surface area contributed by atoms with E-state index in [9.17, 15) is 0 Å². The number of hydrogen-bond acceptors (Lipinski definition) is 3. The summed E-state index contributed by atoms with van der Waals surface area (Å²) in [5, 5.41) is 0.984. The number of halogens is 2. The van der Waals surface area contributed by atoms with E-state index in [4.69, 9.17) is 38.2 Å². The molecule has 0 saturated carbocycles. The molecule has 3 nitrogen and oxygen atoms in total. The van der Waals surface area contributed by atoms with Gasteiger partial charge in [-0.2, -0.15) is 0 Å². The first-order chi connectivity index (χ1) is 8.64. The van der Waals surface area contributed by atoms with E-state index in [0.29, 0.717) is 10.0 Å². The molecular formula is C13H18BCl2NO2. The molecule has 1 heterocycles. The second-order valence-electron chi connectivity index (χ2n) is 5.82. The van der Waals surface area contributed by atoms with Gasteiger partial charge in [0.2, 0.25) is 0 Å². The van der Waals surface area contributed by atoms with Crippen molar-refractivity contribution in [3.63, 3.8) is 0 Å². The van der Waals surface area contributed by atoms with Crippen LogP contribution in [0.3, 0.4) is 0 Å². The summed E-state index contributed by atoms with van der Waals surface area (Å²) in [7, 11) is -0.498. The number of hydrogen-bond donors (Lipinski definition) is 1. The van der Waals surface area contributed by atoms with Crippen LogP contribution in [0.4, 0.5) is 0 Å². The summed E-state index contributed by atoms with van der Waals surface area (Å²) in [6.45, 7) is 7.98. The van der Waals surface area contributed by atoms with E-state index >= 15 is 0 Å². The van der Waals surface area contributed by atoms with Crippen molar-refractivity contribution in [3.8, 4) is 0 Å². The molecule has 0 aromatic heterocycles. The molecule has 0 radical (unpaired) electrons. The van der Waals surface area contributed by atoms with E-state index in [1.165, 1.54) is 0 Å². The molecular weight excluding hydrogens is 284 g/mol. The van der Waals surface area contributed by atoms with E-state index in [-0.39, 0.29) is 0 Å². The molecule has 19 heavy (non-hydrogen) atoms. The lowest BCUT2D eigenvalue weighted by Gasteiger charge is -2.32. The minimum atomic E-state index is -0.498. The highest BCUT2D eigenvalue weighted by Gasteiger charge is 2.53. The fourth-order valence-corrected chi connectivity index (χ4v) is 2.22. The maximum Gasteiger partial charge on any atom is 0.480 e. The molecule has 2 rings (SSSR count). The average molecular weight is 302 g/mol. The molecule has 0 unspecified atom stereocenters. The van der Waals surface area contributed by atoms with Crippen molar-refractivity contribution in [1.29, 1.82) is 0 Å². The molecule has 1 aliphatic heterocycles. The maximum atomic E-state index is 6.21. The van der Waals surface area contributed by atoms with Crippen molar-refractivity contribution in [2.24, 2.45) is 5.73 Å². The first-order valence-corrected chi connectivity index (χ1v) is 6.96. The highest BCUT2D eigenvalue weighted by Crippen LogP contribution is 2.40. The summed E-state index contributed by atoms with van der Waals surface area (Å²) < 4.78 is 11.9. The Bertz CT molecular complexity index is 478. The fourth-order valence-electron chi connectivity index (χ4n) is 1.91. The van der Waals surface area contributed by atoms with Gasteiger partial charge in [-0.1, -0.05) is 29.3 Å². The topological polar surface area (TPSA) is 44.5 Å². The lowest BCUT2D eigenvalue weighted by atomic mass is 9.75. The minimum absolute atomic E-state index is 0.397. The van der Waals surface area contributed by atoms with Crippen molar-refractivity contribution in [2.45, 2.75) is 44.8 Å². The third-order valence-electron chi connectivity index (χ3n) is 3.89. The zero-order valence-electron chi connectivity index (χ0n) is 11.5. The molecule has 1 aromatic rings. The van der Waals surface area contributed by atoms with E-state index in [1.807, 2.05) is 33.8 Å². The van der Waals surface area contributed by atoms with Crippen LogP contribution in [0, 0.1) is 0 Å². The van der Waals surface area contributed by atoms with Crippen LogP contribution in [0.5, 0.6) is 0 Å². The van der Waals surface area contributed by atoms with Crippen LogP contribution >= 0.6 is 23.2 Å². The molecule has 0 spiro atoms.